The highest BCUT2D eigenvalue weighted by Crippen LogP contribution is 2.24. The second-order valence-electron chi connectivity index (χ2n) is 6.41. The van der Waals surface area contributed by atoms with E-state index >= 15 is 0 Å². The van der Waals surface area contributed by atoms with Crippen LogP contribution in [0.15, 0.2) is 57.7 Å². The van der Waals surface area contributed by atoms with Crippen molar-refractivity contribution in [3.8, 4) is 5.75 Å². The summed E-state index contributed by atoms with van der Waals surface area (Å²) in [5, 5.41) is 0.766. The predicted octanol–water partition coefficient (Wildman–Crippen LogP) is 4.31. The van der Waals surface area contributed by atoms with Crippen molar-refractivity contribution in [2.75, 3.05) is 0 Å². The Morgan fingerprint density at radius 3 is 2.56 bits per heavy atom. The van der Waals surface area contributed by atoms with Gasteiger partial charge >= 0.3 is 11.6 Å². The summed E-state index contributed by atoms with van der Waals surface area (Å²) in [7, 11) is 0. The first-order chi connectivity index (χ1) is 13.0. The van der Waals surface area contributed by atoms with Crippen LogP contribution in [0.4, 0.5) is 0 Å². The number of aryl methyl sites for hydroxylation is 2. The topological polar surface area (TPSA) is 65.7 Å². The Hall–Kier alpha value is -3.08. The molecule has 0 radical (unpaired) electrons. The molecule has 2 aromatic carbocycles. The second-order valence-corrected chi connectivity index (χ2v) is 6.41. The van der Waals surface area contributed by atoms with Gasteiger partial charge in [-0.1, -0.05) is 37.3 Å². The number of fused-ring (bicyclic) bond motifs is 1. The molecule has 0 spiro atoms. The van der Waals surface area contributed by atoms with Gasteiger partial charge in [0.1, 0.15) is 17.9 Å². The van der Waals surface area contributed by atoms with E-state index in [1.165, 1.54) is 6.07 Å². The molecule has 27 heavy (non-hydrogen) atoms. The number of para-hydroxylation sites is 1. The Labute approximate surface area is 157 Å². The molecule has 0 saturated carbocycles. The van der Waals surface area contributed by atoms with Gasteiger partial charge in [0, 0.05) is 17.0 Å². The molecule has 0 aliphatic heterocycles. The summed E-state index contributed by atoms with van der Waals surface area (Å²) in [5.74, 6) is 0.143. The van der Waals surface area contributed by atoms with Gasteiger partial charge in [0.05, 0.1) is 0 Å². The molecule has 5 nitrogen and oxygen atoms in total. The maximum Gasteiger partial charge on any atom is 0.347 e. The number of esters is 1. The Morgan fingerprint density at radius 1 is 1.11 bits per heavy atom. The number of rotatable bonds is 6. The average molecular weight is 366 g/mol. The molecule has 0 aliphatic carbocycles. The lowest BCUT2D eigenvalue weighted by Gasteiger charge is -2.17. The summed E-state index contributed by atoms with van der Waals surface area (Å²) in [6.45, 7) is 5.69. The number of hydrogen-bond donors (Lipinski definition) is 0. The van der Waals surface area contributed by atoms with Gasteiger partial charge in [0.2, 0.25) is 0 Å². The molecule has 0 bridgehead atoms. The van der Waals surface area contributed by atoms with Crippen LogP contribution < -0.4 is 10.4 Å². The van der Waals surface area contributed by atoms with Gasteiger partial charge in [-0.15, -0.1) is 0 Å². The lowest BCUT2D eigenvalue weighted by atomic mass is 10.0. The number of ether oxygens (including phenoxy) is 2. The van der Waals surface area contributed by atoms with E-state index in [0.717, 1.165) is 16.5 Å². The van der Waals surface area contributed by atoms with Crippen LogP contribution in [-0.4, -0.2) is 12.1 Å². The van der Waals surface area contributed by atoms with E-state index in [0.29, 0.717) is 23.3 Å². The predicted molar refractivity (Wildman–Crippen MR) is 103 cm³/mol. The molecular weight excluding hydrogens is 344 g/mol. The molecule has 1 aromatic heterocycles. The fourth-order valence-corrected chi connectivity index (χ4v) is 2.85. The maximum absolute atomic E-state index is 12.4. The van der Waals surface area contributed by atoms with Gasteiger partial charge in [0.15, 0.2) is 6.10 Å². The van der Waals surface area contributed by atoms with E-state index in [9.17, 15) is 9.59 Å². The highest BCUT2D eigenvalue weighted by molar-refractivity contribution is 5.84. The third-order valence-electron chi connectivity index (χ3n) is 4.54. The van der Waals surface area contributed by atoms with Crippen molar-refractivity contribution in [1.82, 2.24) is 0 Å². The first-order valence-corrected chi connectivity index (χ1v) is 8.91. The van der Waals surface area contributed by atoms with Crippen molar-refractivity contribution in [2.24, 2.45) is 0 Å². The summed E-state index contributed by atoms with van der Waals surface area (Å²) in [6, 6.07) is 14.3. The van der Waals surface area contributed by atoms with Crippen molar-refractivity contribution >= 4 is 16.9 Å². The van der Waals surface area contributed by atoms with E-state index in [1.807, 2.05) is 51.1 Å². The Balaban J connectivity index is 1.78. The molecule has 1 heterocycles. The van der Waals surface area contributed by atoms with Crippen molar-refractivity contribution in [1.29, 1.82) is 0 Å². The first kappa shape index (κ1) is 18.7. The highest BCUT2D eigenvalue weighted by atomic mass is 16.6. The fourth-order valence-electron chi connectivity index (χ4n) is 2.85. The molecule has 3 rings (SSSR count). The van der Waals surface area contributed by atoms with E-state index in [1.54, 1.807) is 12.1 Å². The number of hydrogen-bond acceptors (Lipinski definition) is 5. The third kappa shape index (κ3) is 4.19. The molecule has 140 valence electrons. The Kier molecular flexibility index (Phi) is 5.60. The molecule has 0 amide bonds. The fraction of sp³-hybridized carbons (Fsp3) is 0.273. The molecular formula is C22H22O5. The minimum absolute atomic E-state index is 0.0158. The third-order valence-corrected chi connectivity index (χ3v) is 4.54. The standard InChI is InChI=1S/C22H22O5/c1-4-19(26-17-8-6-5-7-9-17)22(24)25-13-16-12-20(23)27-21-15(3)14(2)10-11-18(16)21/h5-12,19H,4,13H2,1-3H3/t19-/m1/s1. The lowest BCUT2D eigenvalue weighted by molar-refractivity contribution is -0.153. The Bertz CT molecular complexity index is 1000. The van der Waals surface area contributed by atoms with Crippen LogP contribution in [0, 0.1) is 13.8 Å². The van der Waals surface area contributed by atoms with Gasteiger partial charge < -0.3 is 13.9 Å². The summed E-state index contributed by atoms with van der Waals surface area (Å²) in [4.78, 5) is 24.4. The quantitative estimate of drug-likeness (QED) is 0.480. The van der Waals surface area contributed by atoms with Gasteiger partial charge in [-0.2, -0.15) is 0 Å². The summed E-state index contributed by atoms with van der Waals surface area (Å²) < 4.78 is 16.5. The van der Waals surface area contributed by atoms with Crippen LogP contribution in [0.5, 0.6) is 5.75 Å². The maximum atomic E-state index is 12.4. The van der Waals surface area contributed by atoms with E-state index in [4.69, 9.17) is 13.9 Å². The minimum atomic E-state index is -0.706. The van der Waals surface area contributed by atoms with E-state index in [-0.39, 0.29) is 6.61 Å². The number of benzene rings is 2. The van der Waals surface area contributed by atoms with E-state index in [2.05, 4.69) is 0 Å². The summed E-state index contributed by atoms with van der Waals surface area (Å²) >= 11 is 0. The first-order valence-electron chi connectivity index (χ1n) is 8.91. The van der Waals surface area contributed by atoms with Crippen LogP contribution >= 0.6 is 0 Å². The van der Waals surface area contributed by atoms with Crippen LogP contribution in [0.25, 0.3) is 11.0 Å². The van der Waals surface area contributed by atoms with Gasteiger partial charge in [0.25, 0.3) is 0 Å². The summed E-state index contributed by atoms with van der Waals surface area (Å²) in [5.41, 5.74) is 2.61. The zero-order valence-electron chi connectivity index (χ0n) is 15.7. The molecule has 1 atom stereocenters. The molecule has 5 heteroatoms. The largest absolute Gasteiger partial charge is 0.479 e. The normalized spacial score (nSPS) is 12.0. The summed E-state index contributed by atoms with van der Waals surface area (Å²) in [6.07, 6.45) is -0.230. The smallest absolute Gasteiger partial charge is 0.347 e. The molecule has 0 fully saturated rings. The van der Waals surface area contributed by atoms with E-state index < -0.39 is 17.7 Å². The molecule has 0 N–H and O–H groups in total. The highest BCUT2D eigenvalue weighted by Gasteiger charge is 2.21. The van der Waals surface area contributed by atoms with Gasteiger partial charge in [-0.25, -0.2) is 9.59 Å². The lowest BCUT2D eigenvalue weighted by Crippen LogP contribution is -2.28. The number of carbonyl (C=O) groups is 1. The molecule has 0 saturated heterocycles. The molecule has 3 aromatic rings. The molecule has 0 unspecified atom stereocenters. The van der Waals surface area contributed by atoms with Crippen molar-refractivity contribution < 1.29 is 18.7 Å². The zero-order valence-corrected chi connectivity index (χ0v) is 15.7. The molecule has 0 aliphatic rings. The minimum Gasteiger partial charge on any atom is -0.479 e. The van der Waals surface area contributed by atoms with Gasteiger partial charge in [-0.3, -0.25) is 0 Å². The Morgan fingerprint density at radius 2 is 1.85 bits per heavy atom. The van der Waals surface area contributed by atoms with Crippen LogP contribution in [0.1, 0.15) is 30.0 Å². The van der Waals surface area contributed by atoms with Crippen LogP contribution in [-0.2, 0) is 16.1 Å². The van der Waals surface area contributed by atoms with Crippen molar-refractivity contribution in [3.63, 3.8) is 0 Å². The number of carbonyl (C=O) groups excluding carboxylic acids is 1. The zero-order chi connectivity index (χ0) is 19.4. The van der Waals surface area contributed by atoms with Crippen LogP contribution in [0.2, 0.25) is 0 Å². The van der Waals surface area contributed by atoms with Crippen molar-refractivity contribution in [2.45, 2.75) is 39.9 Å². The monoisotopic (exact) mass is 366 g/mol. The van der Waals surface area contributed by atoms with Crippen LogP contribution in [0.3, 0.4) is 0 Å². The average Bonchev–Trinajstić information content (AvgIpc) is 2.68. The van der Waals surface area contributed by atoms with Crippen molar-refractivity contribution in [3.05, 3.63) is 75.6 Å². The SMILES string of the molecule is CC[C@@H](Oc1ccccc1)C(=O)OCc1cc(=O)oc2c(C)c(C)ccc12. The second kappa shape index (κ2) is 8.08. The van der Waals surface area contributed by atoms with Gasteiger partial charge in [-0.05, 0) is 43.5 Å².